The number of unbranched alkanes of at least 4 members (excludes halogenated alkanes) is 1. The number of hydrogen-bond donors (Lipinski definition) is 3. The molecule has 2 bridgehead atoms. The predicted octanol–water partition coefficient (Wildman–Crippen LogP) is 0.860. The van der Waals surface area contributed by atoms with Gasteiger partial charge in [0.2, 0.25) is 0 Å². The van der Waals surface area contributed by atoms with E-state index in [1.54, 1.807) is 0 Å². The van der Waals surface area contributed by atoms with Gasteiger partial charge in [-0.2, -0.15) is 0 Å². The van der Waals surface area contributed by atoms with Gasteiger partial charge in [-0.05, 0) is 32.1 Å². The summed E-state index contributed by atoms with van der Waals surface area (Å²) in [7, 11) is 0. The van der Waals surface area contributed by atoms with Gasteiger partial charge in [-0.3, -0.25) is 4.79 Å². The van der Waals surface area contributed by atoms with Crippen LogP contribution in [0.2, 0.25) is 0 Å². The van der Waals surface area contributed by atoms with Crippen molar-refractivity contribution in [3.8, 4) is 0 Å². The third kappa shape index (κ3) is 3.60. The number of nitrogens with one attached hydrogen (secondary N) is 2. The first-order valence-electron chi connectivity index (χ1n) is 6.57. The van der Waals surface area contributed by atoms with Crippen LogP contribution < -0.4 is 10.6 Å². The molecule has 3 atom stereocenters. The van der Waals surface area contributed by atoms with Crippen molar-refractivity contribution in [2.45, 2.75) is 56.8 Å². The summed E-state index contributed by atoms with van der Waals surface area (Å²) in [5, 5.41) is 14.1. The number of hydrogen-bond acceptors (Lipinski definition) is 3. The molecule has 6 nitrogen and oxygen atoms in total. The van der Waals surface area contributed by atoms with Crippen molar-refractivity contribution in [3.05, 3.63) is 0 Å². The predicted molar refractivity (Wildman–Crippen MR) is 64.3 cm³/mol. The number of fused-ring (bicyclic) bond motifs is 2. The Kier molecular flexibility index (Phi) is 4.41. The van der Waals surface area contributed by atoms with E-state index in [1.807, 2.05) is 0 Å². The molecule has 2 rings (SSSR count). The highest BCUT2D eigenvalue weighted by Gasteiger charge is 2.41. The molecule has 0 aromatic carbocycles. The van der Waals surface area contributed by atoms with E-state index in [1.165, 1.54) is 0 Å². The smallest absolute Gasteiger partial charge is 0.315 e. The Morgan fingerprint density at radius 3 is 2.72 bits per heavy atom. The lowest BCUT2D eigenvalue weighted by molar-refractivity contribution is -0.137. The van der Waals surface area contributed by atoms with E-state index >= 15 is 0 Å². The summed E-state index contributed by atoms with van der Waals surface area (Å²) in [6.45, 7) is 0.515. The highest BCUT2D eigenvalue weighted by Crippen LogP contribution is 2.34. The van der Waals surface area contributed by atoms with Gasteiger partial charge in [0.25, 0.3) is 0 Å². The van der Waals surface area contributed by atoms with Crippen molar-refractivity contribution >= 4 is 12.0 Å². The Bertz CT molecular complexity index is 321. The second kappa shape index (κ2) is 6.04. The van der Waals surface area contributed by atoms with Crippen LogP contribution in [0.3, 0.4) is 0 Å². The molecule has 2 saturated heterocycles. The van der Waals surface area contributed by atoms with E-state index in [4.69, 9.17) is 9.84 Å². The van der Waals surface area contributed by atoms with Crippen molar-refractivity contribution in [3.63, 3.8) is 0 Å². The normalized spacial score (nSPS) is 29.2. The summed E-state index contributed by atoms with van der Waals surface area (Å²) in [4.78, 5) is 21.9. The third-order valence-corrected chi connectivity index (χ3v) is 3.53. The van der Waals surface area contributed by atoms with E-state index in [9.17, 15) is 9.59 Å². The molecule has 2 amide bonds. The summed E-state index contributed by atoms with van der Waals surface area (Å²) in [5.74, 6) is -0.793. The van der Waals surface area contributed by atoms with Gasteiger partial charge in [0.05, 0.1) is 18.2 Å². The molecule has 2 heterocycles. The highest BCUT2D eigenvalue weighted by atomic mass is 16.5. The SMILES string of the molecule is O=C(O)CCCCNC(=O)NC1CC2CCC1O2. The third-order valence-electron chi connectivity index (χ3n) is 3.53. The number of ether oxygens (including phenoxy) is 1. The average molecular weight is 256 g/mol. The molecule has 0 aliphatic carbocycles. The minimum Gasteiger partial charge on any atom is -0.481 e. The second-order valence-corrected chi connectivity index (χ2v) is 4.97. The summed E-state index contributed by atoms with van der Waals surface area (Å²) in [6, 6.07) is -0.0331. The first-order valence-corrected chi connectivity index (χ1v) is 6.57. The van der Waals surface area contributed by atoms with Crippen LogP contribution in [-0.2, 0) is 9.53 Å². The minimum absolute atomic E-state index is 0.141. The Balaban J connectivity index is 1.54. The van der Waals surface area contributed by atoms with Crippen LogP contribution >= 0.6 is 0 Å². The van der Waals surface area contributed by atoms with E-state index in [-0.39, 0.29) is 24.6 Å². The fourth-order valence-electron chi connectivity index (χ4n) is 2.61. The summed E-state index contributed by atoms with van der Waals surface area (Å²) >= 11 is 0. The number of carbonyl (C=O) groups is 2. The monoisotopic (exact) mass is 256 g/mol. The average Bonchev–Trinajstić information content (AvgIpc) is 2.90. The Morgan fingerprint density at radius 1 is 1.28 bits per heavy atom. The van der Waals surface area contributed by atoms with Gasteiger partial charge in [-0.1, -0.05) is 0 Å². The van der Waals surface area contributed by atoms with E-state index in [0.29, 0.717) is 25.5 Å². The first kappa shape index (κ1) is 13.1. The molecular weight excluding hydrogens is 236 g/mol. The molecule has 0 aromatic heterocycles. The van der Waals surface area contributed by atoms with E-state index in [2.05, 4.69) is 10.6 Å². The van der Waals surface area contributed by atoms with Crippen molar-refractivity contribution in [1.82, 2.24) is 10.6 Å². The number of amides is 2. The fraction of sp³-hybridized carbons (Fsp3) is 0.833. The van der Waals surface area contributed by atoms with Crippen LogP contribution in [-0.4, -0.2) is 41.9 Å². The van der Waals surface area contributed by atoms with Crippen molar-refractivity contribution in [2.24, 2.45) is 0 Å². The van der Waals surface area contributed by atoms with Gasteiger partial charge in [-0.25, -0.2) is 4.79 Å². The van der Waals surface area contributed by atoms with E-state index < -0.39 is 5.97 Å². The lowest BCUT2D eigenvalue weighted by Crippen LogP contribution is -2.46. The Hall–Kier alpha value is -1.30. The molecule has 0 aromatic rings. The maximum absolute atomic E-state index is 11.6. The maximum atomic E-state index is 11.6. The van der Waals surface area contributed by atoms with E-state index in [0.717, 1.165) is 19.3 Å². The van der Waals surface area contributed by atoms with Gasteiger partial charge in [0.1, 0.15) is 0 Å². The van der Waals surface area contributed by atoms with Gasteiger partial charge in [-0.15, -0.1) is 0 Å². The van der Waals surface area contributed by atoms with Crippen LogP contribution in [0.25, 0.3) is 0 Å². The largest absolute Gasteiger partial charge is 0.481 e. The molecule has 2 fully saturated rings. The zero-order valence-corrected chi connectivity index (χ0v) is 10.4. The number of aliphatic carboxylic acids is 1. The number of carboxylic acids is 1. The van der Waals surface area contributed by atoms with Crippen LogP contribution in [0.5, 0.6) is 0 Å². The molecule has 0 radical (unpaired) electrons. The topological polar surface area (TPSA) is 87.7 Å². The molecule has 102 valence electrons. The van der Waals surface area contributed by atoms with Gasteiger partial charge < -0.3 is 20.5 Å². The summed E-state index contributed by atoms with van der Waals surface area (Å²) in [5.41, 5.74) is 0. The molecule has 0 spiro atoms. The number of urea groups is 1. The zero-order chi connectivity index (χ0) is 13.0. The Labute approximate surface area is 106 Å². The van der Waals surface area contributed by atoms with Gasteiger partial charge in [0.15, 0.2) is 0 Å². The number of carboxylic acid groups (broad SMARTS) is 1. The van der Waals surface area contributed by atoms with Crippen LogP contribution in [0, 0.1) is 0 Å². The lowest BCUT2D eigenvalue weighted by Gasteiger charge is -2.20. The number of rotatable bonds is 6. The Morgan fingerprint density at radius 2 is 2.11 bits per heavy atom. The summed E-state index contributed by atoms with van der Waals surface area (Å²) in [6.07, 6.45) is 5.01. The highest BCUT2D eigenvalue weighted by molar-refractivity contribution is 5.74. The van der Waals surface area contributed by atoms with Crippen molar-refractivity contribution in [1.29, 1.82) is 0 Å². The summed E-state index contributed by atoms with van der Waals surface area (Å²) < 4.78 is 5.65. The van der Waals surface area contributed by atoms with Crippen molar-refractivity contribution < 1.29 is 19.4 Å². The lowest BCUT2D eigenvalue weighted by atomic mass is 9.96. The quantitative estimate of drug-likeness (QED) is 0.615. The maximum Gasteiger partial charge on any atom is 0.315 e. The molecule has 2 aliphatic heterocycles. The van der Waals surface area contributed by atoms with Crippen molar-refractivity contribution in [2.75, 3.05) is 6.54 Å². The van der Waals surface area contributed by atoms with Crippen LogP contribution in [0.15, 0.2) is 0 Å². The van der Waals surface area contributed by atoms with Crippen LogP contribution in [0.4, 0.5) is 4.79 Å². The molecule has 0 saturated carbocycles. The standard InChI is InChI=1S/C12H20N2O4/c15-11(16)3-1-2-6-13-12(17)14-9-7-8-4-5-10(9)18-8/h8-10H,1-7H2,(H,15,16)(H2,13,14,17). The molecule has 6 heteroatoms. The fourth-order valence-corrected chi connectivity index (χ4v) is 2.61. The zero-order valence-electron chi connectivity index (χ0n) is 10.4. The number of carbonyl (C=O) groups excluding carboxylic acids is 1. The van der Waals surface area contributed by atoms with Gasteiger partial charge >= 0.3 is 12.0 Å². The molecule has 3 unspecified atom stereocenters. The molecular formula is C12H20N2O4. The van der Waals surface area contributed by atoms with Gasteiger partial charge in [0, 0.05) is 13.0 Å². The molecule has 18 heavy (non-hydrogen) atoms. The minimum atomic E-state index is -0.793. The first-order chi connectivity index (χ1) is 8.65. The molecule has 3 N–H and O–H groups in total. The van der Waals surface area contributed by atoms with Crippen LogP contribution in [0.1, 0.15) is 38.5 Å². The second-order valence-electron chi connectivity index (χ2n) is 4.97. The molecule has 2 aliphatic rings.